The van der Waals surface area contributed by atoms with Crippen molar-refractivity contribution in [1.82, 2.24) is 9.97 Å². The number of rotatable bonds is 4. The highest BCUT2D eigenvalue weighted by Crippen LogP contribution is 2.29. The minimum Gasteiger partial charge on any atom is -0.322 e. The molecule has 2 aromatic carbocycles. The summed E-state index contributed by atoms with van der Waals surface area (Å²) in [6.07, 6.45) is 1.74. The number of nitrogens with zero attached hydrogens (tertiary/aromatic N) is 3. The lowest BCUT2D eigenvalue weighted by atomic mass is 10.1. The van der Waals surface area contributed by atoms with Gasteiger partial charge in [0.25, 0.3) is 11.6 Å². The van der Waals surface area contributed by atoms with E-state index in [1.807, 2.05) is 24.3 Å². The van der Waals surface area contributed by atoms with Gasteiger partial charge < -0.3 is 5.32 Å². The molecule has 0 radical (unpaired) electrons. The van der Waals surface area contributed by atoms with Crippen molar-refractivity contribution in [2.45, 2.75) is 6.92 Å². The number of hydrogen-bond acceptors (Lipinski definition) is 6. The number of thiazole rings is 1. The number of pyridine rings is 1. The molecule has 4 rings (SSSR count). The topological polar surface area (TPSA) is 98.0 Å². The number of hydrogen-bond donors (Lipinski definition) is 1. The van der Waals surface area contributed by atoms with Gasteiger partial charge in [0, 0.05) is 34.6 Å². The lowest BCUT2D eigenvalue weighted by molar-refractivity contribution is -0.385. The van der Waals surface area contributed by atoms with Gasteiger partial charge in [-0.3, -0.25) is 14.9 Å². The van der Waals surface area contributed by atoms with E-state index in [-0.39, 0.29) is 11.6 Å². The zero-order chi connectivity index (χ0) is 19.7. The van der Waals surface area contributed by atoms with Crippen LogP contribution in [0.3, 0.4) is 0 Å². The molecule has 0 saturated carbocycles. The van der Waals surface area contributed by atoms with Crippen molar-refractivity contribution in [2.24, 2.45) is 0 Å². The number of fused-ring (bicyclic) bond motifs is 1. The quantitative estimate of drug-likeness (QED) is 0.398. The standard InChI is InChI=1S/C20H14N4O3S/c1-12-11-14(6-9-17(12)24(26)27)18(25)22-15-7-4-13(5-8-15)19-23-16-3-2-10-21-20(16)28-19/h2-11H,1H3,(H,22,25). The van der Waals surface area contributed by atoms with E-state index < -0.39 is 4.92 Å². The Balaban J connectivity index is 1.52. The van der Waals surface area contributed by atoms with Crippen LogP contribution in [-0.2, 0) is 0 Å². The Morgan fingerprint density at radius 1 is 1.14 bits per heavy atom. The van der Waals surface area contributed by atoms with Crippen LogP contribution >= 0.6 is 11.3 Å². The third-order valence-electron chi connectivity index (χ3n) is 4.21. The number of nitro groups is 1. The maximum absolute atomic E-state index is 12.4. The van der Waals surface area contributed by atoms with Crippen LogP contribution in [0.15, 0.2) is 60.8 Å². The maximum atomic E-state index is 12.4. The second-order valence-corrected chi connectivity index (χ2v) is 7.11. The molecule has 2 aromatic heterocycles. The van der Waals surface area contributed by atoms with E-state index in [9.17, 15) is 14.9 Å². The van der Waals surface area contributed by atoms with Crippen molar-refractivity contribution < 1.29 is 9.72 Å². The summed E-state index contributed by atoms with van der Waals surface area (Å²) in [4.78, 5) is 32.6. The summed E-state index contributed by atoms with van der Waals surface area (Å²) in [5.74, 6) is -0.324. The first kappa shape index (κ1) is 17.7. The van der Waals surface area contributed by atoms with Crippen molar-refractivity contribution in [3.63, 3.8) is 0 Å². The Kier molecular flexibility index (Phi) is 4.54. The van der Waals surface area contributed by atoms with E-state index in [4.69, 9.17) is 0 Å². The van der Waals surface area contributed by atoms with E-state index in [1.165, 1.54) is 29.5 Å². The highest BCUT2D eigenvalue weighted by Gasteiger charge is 2.14. The molecule has 0 atom stereocenters. The Labute approximate surface area is 163 Å². The van der Waals surface area contributed by atoms with Gasteiger partial charge in [-0.2, -0.15) is 0 Å². The SMILES string of the molecule is Cc1cc(C(=O)Nc2ccc(-c3nc4cccnc4s3)cc2)ccc1[N+](=O)[O-]. The summed E-state index contributed by atoms with van der Waals surface area (Å²) in [6.45, 7) is 1.61. The minimum atomic E-state index is -0.465. The number of aromatic nitrogens is 2. The zero-order valence-electron chi connectivity index (χ0n) is 14.7. The molecule has 1 N–H and O–H groups in total. The molecule has 0 bridgehead atoms. The fraction of sp³-hybridized carbons (Fsp3) is 0.0500. The molecule has 7 nitrogen and oxygen atoms in total. The summed E-state index contributed by atoms with van der Waals surface area (Å²) in [6, 6.07) is 15.4. The Morgan fingerprint density at radius 2 is 1.93 bits per heavy atom. The van der Waals surface area contributed by atoms with Gasteiger partial charge in [-0.25, -0.2) is 9.97 Å². The largest absolute Gasteiger partial charge is 0.322 e. The van der Waals surface area contributed by atoms with Crippen molar-refractivity contribution in [2.75, 3.05) is 5.32 Å². The van der Waals surface area contributed by atoms with Crippen LogP contribution in [0.4, 0.5) is 11.4 Å². The predicted octanol–water partition coefficient (Wildman–Crippen LogP) is 4.83. The molecule has 4 aromatic rings. The van der Waals surface area contributed by atoms with Gasteiger partial charge in [0.1, 0.15) is 15.4 Å². The molecule has 0 aliphatic carbocycles. The fourth-order valence-electron chi connectivity index (χ4n) is 2.79. The number of anilines is 1. The molecule has 0 aliphatic heterocycles. The monoisotopic (exact) mass is 390 g/mol. The minimum absolute atomic E-state index is 0.00812. The first-order valence-corrected chi connectivity index (χ1v) is 9.21. The molecule has 138 valence electrons. The molecule has 0 unspecified atom stereocenters. The second-order valence-electron chi connectivity index (χ2n) is 6.14. The lowest BCUT2D eigenvalue weighted by Gasteiger charge is -2.07. The van der Waals surface area contributed by atoms with Crippen molar-refractivity contribution in [3.8, 4) is 10.6 Å². The highest BCUT2D eigenvalue weighted by atomic mass is 32.1. The number of nitrogens with one attached hydrogen (secondary N) is 1. The smallest absolute Gasteiger partial charge is 0.272 e. The molecule has 0 fully saturated rings. The Bertz CT molecular complexity index is 1170. The summed E-state index contributed by atoms with van der Waals surface area (Å²) in [5.41, 5.74) is 3.22. The summed E-state index contributed by atoms with van der Waals surface area (Å²) in [5, 5.41) is 14.6. The second kappa shape index (κ2) is 7.16. The third kappa shape index (κ3) is 3.45. The molecule has 28 heavy (non-hydrogen) atoms. The first-order chi connectivity index (χ1) is 13.5. The zero-order valence-corrected chi connectivity index (χ0v) is 15.6. The molecular weight excluding hydrogens is 376 g/mol. The van der Waals surface area contributed by atoms with Crippen LogP contribution in [0.2, 0.25) is 0 Å². The highest BCUT2D eigenvalue weighted by molar-refractivity contribution is 7.21. The average Bonchev–Trinajstić information content (AvgIpc) is 3.12. The van der Waals surface area contributed by atoms with E-state index in [2.05, 4.69) is 15.3 Å². The van der Waals surface area contributed by atoms with Crippen molar-refractivity contribution >= 4 is 39.0 Å². The first-order valence-electron chi connectivity index (χ1n) is 8.39. The summed E-state index contributed by atoms with van der Waals surface area (Å²) >= 11 is 1.51. The van der Waals surface area contributed by atoms with Gasteiger partial charge in [0.2, 0.25) is 0 Å². The van der Waals surface area contributed by atoms with Gasteiger partial charge >= 0.3 is 0 Å². The predicted molar refractivity (Wildman–Crippen MR) is 109 cm³/mol. The molecule has 2 heterocycles. The van der Waals surface area contributed by atoms with Gasteiger partial charge in [0.05, 0.1) is 4.92 Å². The van der Waals surface area contributed by atoms with E-state index >= 15 is 0 Å². The van der Waals surface area contributed by atoms with Crippen LogP contribution in [0.5, 0.6) is 0 Å². The fourth-order valence-corrected chi connectivity index (χ4v) is 3.71. The average molecular weight is 390 g/mol. The molecule has 0 saturated heterocycles. The molecule has 1 amide bonds. The van der Waals surface area contributed by atoms with Crippen LogP contribution in [0.25, 0.3) is 20.9 Å². The number of nitro benzene ring substituents is 1. The lowest BCUT2D eigenvalue weighted by Crippen LogP contribution is -2.12. The molecule has 0 spiro atoms. The number of carbonyl (C=O) groups is 1. The number of aryl methyl sites for hydroxylation is 1. The van der Waals surface area contributed by atoms with Crippen molar-refractivity contribution in [1.29, 1.82) is 0 Å². The Morgan fingerprint density at radius 3 is 2.61 bits per heavy atom. The van der Waals surface area contributed by atoms with E-state index in [1.54, 1.807) is 25.3 Å². The van der Waals surface area contributed by atoms with E-state index in [0.717, 1.165) is 20.9 Å². The maximum Gasteiger partial charge on any atom is 0.272 e. The third-order valence-corrected chi connectivity index (χ3v) is 5.24. The number of benzene rings is 2. The number of amides is 1. The van der Waals surface area contributed by atoms with Crippen LogP contribution in [-0.4, -0.2) is 20.8 Å². The normalized spacial score (nSPS) is 10.8. The van der Waals surface area contributed by atoms with Gasteiger partial charge in [-0.1, -0.05) is 11.3 Å². The van der Waals surface area contributed by atoms with Crippen LogP contribution in [0, 0.1) is 17.0 Å². The summed E-state index contributed by atoms with van der Waals surface area (Å²) < 4.78 is 0. The van der Waals surface area contributed by atoms with Crippen LogP contribution < -0.4 is 5.32 Å². The Hall–Kier alpha value is -3.65. The van der Waals surface area contributed by atoms with Crippen LogP contribution in [0.1, 0.15) is 15.9 Å². The molecular formula is C20H14N4O3S. The van der Waals surface area contributed by atoms with Gasteiger partial charge in [-0.05, 0) is 55.5 Å². The van der Waals surface area contributed by atoms with E-state index in [0.29, 0.717) is 16.8 Å². The molecule has 8 heteroatoms. The number of carbonyl (C=O) groups excluding carboxylic acids is 1. The van der Waals surface area contributed by atoms with Gasteiger partial charge in [0.15, 0.2) is 0 Å². The summed E-state index contributed by atoms with van der Waals surface area (Å²) in [7, 11) is 0. The molecule has 0 aliphatic rings. The van der Waals surface area contributed by atoms with Gasteiger partial charge in [-0.15, -0.1) is 0 Å². The van der Waals surface area contributed by atoms with Crippen molar-refractivity contribution in [3.05, 3.63) is 82.0 Å².